The molecule has 28 heavy (non-hydrogen) atoms. The number of ether oxygens (including phenoxy) is 2. The zero-order valence-electron chi connectivity index (χ0n) is 15.1. The Balaban J connectivity index is 1.50. The summed E-state index contributed by atoms with van der Waals surface area (Å²) in [6.07, 6.45) is 0. The summed E-state index contributed by atoms with van der Waals surface area (Å²) in [6, 6.07) is 14.5. The van der Waals surface area contributed by atoms with Crippen LogP contribution in [0.2, 0.25) is 5.02 Å². The Morgan fingerprint density at radius 1 is 1.14 bits per heavy atom. The van der Waals surface area contributed by atoms with Crippen LogP contribution in [-0.4, -0.2) is 29.4 Å². The van der Waals surface area contributed by atoms with E-state index >= 15 is 0 Å². The smallest absolute Gasteiger partial charge is 0.263 e. The van der Waals surface area contributed by atoms with Crippen LogP contribution in [0.25, 0.3) is 5.69 Å². The predicted octanol–water partition coefficient (Wildman–Crippen LogP) is 4.30. The van der Waals surface area contributed by atoms with Crippen molar-refractivity contribution in [3.05, 3.63) is 64.8 Å². The lowest BCUT2D eigenvalue weighted by Gasteiger charge is -2.12. The molecule has 1 aliphatic rings. The molecule has 4 rings (SSSR count). The lowest BCUT2D eigenvalue weighted by Crippen LogP contribution is -2.22. The van der Waals surface area contributed by atoms with E-state index in [1.165, 1.54) is 0 Å². The summed E-state index contributed by atoms with van der Waals surface area (Å²) in [4.78, 5) is 12.5. The number of halogens is 1. The summed E-state index contributed by atoms with van der Waals surface area (Å²) in [5.74, 6) is 3.43. The van der Waals surface area contributed by atoms with Crippen LogP contribution in [0.1, 0.15) is 11.3 Å². The standard InChI is InChI=1S/C20H18ClN3O3S/c1-26-15-6-8-16(9-7-15)27-10-19(25)22-20-17-11-28-12-18(17)23-24(20)14-4-2-13(21)3-5-14/h2-9H,10-12H2,1H3,(H,22,25). The number of nitrogens with one attached hydrogen (secondary N) is 1. The summed E-state index contributed by atoms with van der Waals surface area (Å²) in [7, 11) is 1.60. The third-order valence-corrected chi connectivity index (χ3v) is 5.53. The second-order valence-corrected chi connectivity index (χ2v) is 7.59. The molecule has 1 aromatic heterocycles. The molecular weight excluding hydrogens is 398 g/mol. The van der Waals surface area contributed by atoms with Crippen LogP contribution >= 0.6 is 23.4 Å². The number of rotatable bonds is 6. The number of thioether (sulfide) groups is 1. The number of hydrogen-bond acceptors (Lipinski definition) is 5. The van der Waals surface area contributed by atoms with Crippen LogP contribution < -0.4 is 14.8 Å². The van der Waals surface area contributed by atoms with Crippen molar-refractivity contribution in [1.82, 2.24) is 9.78 Å². The Morgan fingerprint density at radius 2 is 1.86 bits per heavy atom. The molecule has 0 fully saturated rings. The van der Waals surface area contributed by atoms with E-state index in [9.17, 15) is 4.79 Å². The van der Waals surface area contributed by atoms with Gasteiger partial charge in [-0.2, -0.15) is 16.9 Å². The first-order chi connectivity index (χ1) is 13.6. The molecule has 0 saturated carbocycles. The van der Waals surface area contributed by atoms with Gasteiger partial charge in [0.25, 0.3) is 5.91 Å². The lowest BCUT2D eigenvalue weighted by atomic mass is 10.2. The van der Waals surface area contributed by atoms with Gasteiger partial charge in [0.2, 0.25) is 0 Å². The van der Waals surface area contributed by atoms with Crippen molar-refractivity contribution >= 4 is 35.1 Å². The van der Waals surface area contributed by atoms with Crippen LogP contribution in [-0.2, 0) is 16.3 Å². The quantitative estimate of drug-likeness (QED) is 0.650. The second-order valence-electron chi connectivity index (χ2n) is 6.17. The van der Waals surface area contributed by atoms with Crippen molar-refractivity contribution in [2.45, 2.75) is 11.5 Å². The minimum atomic E-state index is -0.245. The Kier molecular flexibility index (Phi) is 5.45. The maximum atomic E-state index is 12.5. The predicted molar refractivity (Wildman–Crippen MR) is 111 cm³/mol. The van der Waals surface area contributed by atoms with Crippen molar-refractivity contribution in [3.8, 4) is 17.2 Å². The Labute approximate surface area is 171 Å². The number of carbonyl (C=O) groups is 1. The molecule has 6 nitrogen and oxygen atoms in total. The summed E-state index contributed by atoms with van der Waals surface area (Å²) in [6.45, 7) is -0.0972. The van der Waals surface area contributed by atoms with Crippen molar-refractivity contribution < 1.29 is 14.3 Å². The molecule has 3 aromatic rings. The van der Waals surface area contributed by atoms with E-state index in [0.717, 1.165) is 34.2 Å². The minimum absolute atomic E-state index is 0.0972. The average Bonchev–Trinajstić information content (AvgIpc) is 3.30. The largest absolute Gasteiger partial charge is 0.497 e. The van der Waals surface area contributed by atoms with Crippen molar-refractivity contribution in [2.24, 2.45) is 0 Å². The Morgan fingerprint density at radius 3 is 2.57 bits per heavy atom. The third kappa shape index (κ3) is 3.95. The van der Waals surface area contributed by atoms with Crippen molar-refractivity contribution in [2.75, 3.05) is 19.0 Å². The zero-order valence-corrected chi connectivity index (χ0v) is 16.7. The van der Waals surface area contributed by atoms with Crippen LogP contribution in [0.3, 0.4) is 0 Å². The highest BCUT2D eigenvalue weighted by molar-refractivity contribution is 7.98. The van der Waals surface area contributed by atoms with Gasteiger partial charge in [0.05, 0.1) is 18.5 Å². The van der Waals surface area contributed by atoms with Gasteiger partial charge < -0.3 is 14.8 Å². The van der Waals surface area contributed by atoms with E-state index in [4.69, 9.17) is 21.1 Å². The average molecular weight is 416 g/mol. The van der Waals surface area contributed by atoms with E-state index in [1.54, 1.807) is 60.0 Å². The summed E-state index contributed by atoms with van der Waals surface area (Å²) < 4.78 is 12.4. The van der Waals surface area contributed by atoms with Gasteiger partial charge in [0.15, 0.2) is 6.61 Å². The van der Waals surface area contributed by atoms with Gasteiger partial charge in [0, 0.05) is 22.1 Å². The summed E-state index contributed by atoms with van der Waals surface area (Å²) in [5, 5.41) is 8.28. The Bertz CT molecular complexity index is 987. The van der Waals surface area contributed by atoms with Crippen LogP contribution in [0, 0.1) is 0 Å². The topological polar surface area (TPSA) is 65.4 Å². The number of fused-ring (bicyclic) bond motifs is 1. The molecule has 0 atom stereocenters. The SMILES string of the molecule is COc1ccc(OCC(=O)Nc2c3c(nn2-c2ccc(Cl)cc2)CSC3)cc1. The highest BCUT2D eigenvalue weighted by atomic mass is 35.5. The monoisotopic (exact) mass is 415 g/mol. The van der Waals surface area contributed by atoms with Gasteiger partial charge in [-0.1, -0.05) is 11.6 Å². The van der Waals surface area contributed by atoms with E-state index in [1.807, 2.05) is 12.1 Å². The second kappa shape index (κ2) is 8.16. The van der Waals surface area contributed by atoms with Crippen LogP contribution in [0.5, 0.6) is 11.5 Å². The molecule has 1 aliphatic heterocycles. The van der Waals surface area contributed by atoms with Gasteiger partial charge >= 0.3 is 0 Å². The van der Waals surface area contributed by atoms with Gasteiger partial charge in [-0.05, 0) is 48.5 Å². The van der Waals surface area contributed by atoms with Crippen LogP contribution in [0.4, 0.5) is 5.82 Å². The molecule has 0 radical (unpaired) electrons. The van der Waals surface area contributed by atoms with Gasteiger partial charge in [0.1, 0.15) is 17.3 Å². The number of methoxy groups -OCH3 is 1. The van der Waals surface area contributed by atoms with E-state index < -0.39 is 0 Å². The van der Waals surface area contributed by atoms with Crippen molar-refractivity contribution in [3.63, 3.8) is 0 Å². The molecule has 2 heterocycles. The molecule has 2 aromatic carbocycles. The lowest BCUT2D eigenvalue weighted by molar-refractivity contribution is -0.118. The van der Waals surface area contributed by atoms with Gasteiger partial charge in [-0.3, -0.25) is 4.79 Å². The first-order valence-corrected chi connectivity index (χ1v) is 10.2. The fraction of sp³-hybridized carbons (Fsp3) is 0.200. The molecular formula is C20H18ClN3O3S. The Hall–Kier alpha value is -2.64. The number of benzene rings is 2. The normalized spacial score (nSPS) is 12.5. The van der Waals surface area contributed by atoms with E-state index in [-0.39, 0.29) is 12.5 Å². The number of hydrogen-bond donors (Lipinski definition) is 1. The summed E-state index contributed by atoms with van der Waals surface area (Å²) in [5.41, 5.74) is 2.89. The number of anilines is 1. The third-order valence-electron chi connectivity index (χ3n) is 4.31. The molecule has 0 spiro atoms. The summed E-state index contributed by atoms with van der Waals surface area (Å²) >= 11 is 7.77. The molecule has 144 valence electrons. The fourth-order valence-corrected chi connectivity index (χ4v) is 4.06. The highest BCUT2D eigenvalue weighted by Gasteiger charge is 2.24. The first-order valence-electron chi connectivity index (χ1n) is 8.65. The maximum Gasteiger partial charge on any atom is 0.263 e. The van der Waals surface area contributed by atoms with Crippen LogP contribution in [0.15, 0.2) is 48.5 Å². The van der Waals surface area contributed by atoms with E-state index in [0.29, 0.717) is 16.6 Å². The fourth-order valence-electron chi connectivity index (χ4n) is 2.90. The molecule has 0 saturated heterocycles. The molecule has 0 bridgehead atoms. The van der Waals surface area contributed by atoms with Crippen molar-refractivity contribution in [1.29, 1.82) is 0 Å². The molecule has 0 aliphatic carbocycles. The minimum Gasteiger partial charge on any atom is -0.497 e. The molecule has 8 heteroatoms. The zero-order chi connectivity index (χ0) is 19.5. The van der Waals surface area contributed by atoms with Gasteiger partial charge in [-0.25, -0.2) is 4.68 Å². The number of nitrogens with zero attached hydrogens (tertiary/aromatic N) is 2. The maximum absolute atomic E-state index is 12.5. The molecule has 0 unspecified atom stereocenters. The molecule has 1 amide bonds. The van der Waals surface area contributed by atoms with Gasteiger partial charge in [-0.15, -0.1) is 0 Å². The van der Waals surface area contributed by atoms with E-state index in [2.05, 4.69) is 10.4 Å². The first kappa shape index (κ1) is 18.7. The highest BCUT2D eigenvalue weighted by Crippen LogP contribution is 2.36. The number of carbonyl (C=O) groups excluding carboxylic acids is 1. The number of aromatic nitrogens is 2. The molecule has 1 N–H and O–H groups in total. The number of amides is 1.